The summed E-state index contributed by atoms with van der Waals surface area (Å²) in [7, 11) is -2.17. The molecule has 2 heterocycles. The zero-order chi connectivity index (χ0) is 17.9. The summed E-state index contributed by atoms with van der Waals surface area (Å²) in [6, 6.07) is 12.1. The van der Waals surface area contributed by atoms with Crippen molar-refractivity contribution in [3.05, 3.63) is 64.5 Å². The molecule has 0 unspecified atom stereocenters. The topological polar surface area (TPSA) is 92.5 Å². The van der Waals surface area contributed by atoms with Gasteiger partial charge in [0.15, 0.2) is 5.82 Å². The first-order chi connectivity index (χ1) is 12.0. The summed E-state index contributed by atoms with van der Waals surface area (Å²) in [5, 5.41) is 7.57. The number of anilines is 1. The maximum absolute atomic E-state index is 12.7. The van der Waals surface area contributed by atoms with E-state index in [2.05, 4.69) is 15.0 Å². The first-order valence-corrected chi connectivity index (χ1v) is 9.59. The van der Waals surface area contributed by atoms with E-state index in [9.17, 15) is 13.2 Å². The third kappa shape index (κ3) is 3.95. The first-order valence-electron chi connectivity index (χ1n) is 7.27. The van der Waals surface area contributed by atoms with Crippen molar-refractivity contribution in [2.75, 3.05) is 12.4 Å². The summed E-state index contributed by atoms with van der Waals surface area (Å²) in [6.45, 7) is 0.249. The summed E-state index contributed by atoms with van der Waals surface area (Å²) in [4.78, 5) is 12.5. The Hall–Kier alpha value is -2.49. The summed E-state index contributed by atoms with van der Waals surface area (Å²) in [5.41, 5.74) is 0.882. The standard InChI is InChI=1S/C16H15N3O4S2/c1-19(10-12-5-3-2-4-6-12)25(21,22)13-9-14(24-11-13)16(20)17-15-7-8-23-18-15/h2-9,11H,10H2,1H3,(H,17,18,20). The van der Waals surface area contributed by atoms with Crippen molar-refractivity contribution in [3.8, 4) is 0 Å². The molecule has 1 aromatic carbocycles. The summed E-state index contributed by atoms with van der Waals surface area (Å²) in [5.74, 6) is -0.171. The van der Waals surface area contributed by atoms with E-state index >= 15 is 0 Å². The van der Waals surface area contributed by atoms with E-state index in [0.29, 0.717) is 0 Å². The number of nitrogens with zero attached hydrogens (tertiary/aromatic N) is 2. The van der Waals surface area contributed by atoms with Gasteiger partial charge < -0.3 is 9.84 Å². The largest absolute Gasteiger partial charge is 0.363 e. The molecule has 1 N–H and O–H groups in total. The van der Waals surface area contributed by atoms with Gasteiger partial charge in [0.2, 0.25) is 10.0 Å². The lowest BCUT2D eigenvalue weighted by molar-refractivity contribution is 0.102. The Labute approximate surface area is 148 Å². The molecule has 0 atom stereocenters. The molecule has 7 nitrogen and oxygen atoms in total. The maximum Gasteiger partial charge on any atom is 0.267 e. The van der Waals surface area contributed by atoms with E-state index in [-0.39, 0.29) is 22.1 Å². The molecule has 25 heavy (non-hydrogen) atoms. The Morgan fingerprint density at radius 1 is 1.28 bits per heavy atom. The van der Waals surface area contributed by atoms with Gasteiger partial charge in [-0.1, -0.05) is 35.5 Å². The highest BCUT2D eigenvalue weighted by molar-refractivity contribution is 7.89. The minimum Gasteiger partial charge on any atom is -0.363 e. The Bertz CT molecular complexity index is 950. The third-order valence-corrected chi connectivity index (χ3v) is 6.29. The van der Waals surface area contributed by atoms with Gasteiger partial charge in [-0.3, -0.25) is 4.79 Å². The molecule has 0 aliphatic carbocycles. The van der Waals surface area contributed by atoms with Crippen LogP contribution in [-0.4, -0.2) is 30.8 Å². The van der Waals surface area contributed by atoms with Crippen LogP contribution < -0.4 is 5.32 Å². The van der Waals surface area contributed by atoms with Crippen molar-refractivity contribution >= 4 is 33.1 Å². The van der Waals surface area contributed by atoms with Gasteiger partial charge >= 0.3 is 0 Å². The monoisotopic (exact) mass is 377 g/mol. The SMILES string of the molecule is CN(Cc1ccccc1)S(=O)(=O)c1csc(C(=O)Nc2ccon2)c1. The molecule has 9 heteroatoms. The Kier molecular flexibility index (Phi) is 4.98. The number of carbonyl (C=O) groups excluding carboxylic acids is 1. The van der Waals surface area contributed by atoms with Crippen molar-refractivity contribution < 1.29 is 17.7 Å². The summed E-state index contributed by atoms with van der Waals surface area (Å²) >= 11 is 1.05. The normalized spacial score (nSPS) is 11.6. The van der Waals surface area contributed by atoms with Crippen LogP contribution in [-0.2, 0) is 16.6 Å². The lowest BCUT2D eigenvalue weighted by Crippen LogP contribution is -2.26. The van der Waals surface area contributed by atoms with Crippen LogP contribution in [0.5, 0.6) is 0 Å². The second-order valence-electron chi connectivity index (χ2n) is 5.23. The van der Waals surface area contributed by atoms with Crippen molar-refractivity contribution in [3.63, 3.8) is 0 Å². The highest BCUT2D eigenvalue weighted by Gasteiger charge is 2.24. The molecule has 0 fully saturated rings. The zero-order valence-corrected chi connectivity index (χ0v) is 14.9. The summed E-state index contributed by atoms with van der Waals surface area (Å²) < 4.78 is 31.2. The second kappa shape index (κ2) is 7.18. The Morgan fingerprint density at radius 2 is 2.04 bits per heavy atom. The minimum absolute atomic E-state index is 0.0845. The van der Waals surface area contributed by atoms with Crippen LogP contribution in [0.1, 0.15) is 15.2 Å². The average molecular weight is 377 g/mol. The number of rotatable bonds is 6. The molecule has 0 aliphatic heterocycles. The predicted octanol–water partition coefficient (Wildman–Crippen LogP) is 2.81. The number of sulfonamides is 1. The lowest BCUT2D eigenvalue weighted by Gasteiger charge is -2.16. The maximum atomic E-state index is 12.7. The molecule has 0 saturated heterocycles. The van der Waals surface area contributed by atoms with Gasteiger partial charge in [-0.2, -0.15) is 4.31 Å². The predicted molar refractivity (Wildman–Crippen MR) is 93.9 cm³/mol. The molecule has 130 valence electrons. The van der Waals surface area contributed by atoms with Crippen molar-refractivity contribution in [1.82, 2.24) is 9.46 Å². The number of thiophene rings is 1. The number of aromatic nitrogens is 1. The van der Waals surface area contributed by atoms with Gasteiger partial charge in [0, 0.05) is 25.0 Å². The number of nitrogens with one attached hydrogen (secondary N) is 1. The average Bonchev–Trinajstić information content (AvgIpc) is 3.27. The van der Waals surface area contributed by atoms with Gasteiger partial charge in [-0.05, 0) is 11.6 Å². The molecular formula is C16H15N3O4S2. The van der Waals surface area contributed by atoms with Crippen LogP contribution >= 0.6 is 11.3 Å². The lowest BCUT2D eigenvalue weighted by atomic mass is 10.2. The first kappa shape index (κ1) is 17.3. The van der Waals surface area contributed by atoms with Crippen LogP contribution in [0, 0.1) is 0 Å². The van der Waals surface area contributed by atoms with Crippen LogP contribution in [0.25, 0.3) is 0 Å². The third-order valence-electron chi connectivity index (χ3n) is 3.43. The van der Waals surface area contributed by atoms with Crippen molar-refractivity contribution in [2.24, 2.45) is 0 Å². The Morgan fingerprint density at radius 3 is 2.72 bits per heavy atom. The fourth-order valence-corrected chi connectivity index (χ4v) is 4.45. The molecule has 1 amide bonds. The Balaban J connectivity index is 1.74. The van der Waals surface area contributed by atoms with Gasteiger partial charge in [-0.25, -0.2) is 8.42 Å². The summed E-state index contributed by atoms with van der Waals surface area (Å²) in [6.07, 6.45) is 1.33. The number of amides is 1. The smallest absolute Gasteiger partial charge is 0.267 e. The van der Waals surface area contributed by atoms with E-state index in [4.69, 9.17) is 0 Å². The number of carbonyl (C=O) groups is 1. The molecular weight excluding hydrogens is 362 g/mol. The number of hydrogen-bond donors (Lipinski definition) is 1. The van der Waals surface area contributed by atoms with E-state index in [1.54, 1.807) is 0 Å². The molecule has 0 spiro atoms. The molecule has 0 aliphatic rings. The van der Waals surface area contributed by atoms with E-state index < -0.39 is 15.9 Å². The number of benzene rings is 1. The zero-order valence-electron chi connectivity index (χ0n) is 13.2. The highest BCUT2D eigenvalue weighted by Crippen LogP contribution is 2.24. The van der Waals surface area contributed by atoms with Crippen molar-refractivity contribution in [1.29, 1.82) is 0 Å². The van der Waals surface area contributed by atoms with E-state index in [1.807, 2.05) is 30.3 Å². The molecule has 0 bridgehead atoms. The minimum atomic E-state index is -3.68. The molecule has 0 saturated carbocycles. The van der Waals surface area contributed by atoms with Gasteiger partial charge in [-0.15, -0.1) is 11.3 Å². The molecule has 3 rings (SSSR count). The van der Waals surface area contributed by atoms with Gasteiger partial charge in [0.1, 0.15) is 6.26 Å². The van der Waals surface area contributed by atoms with E-state index in [0.717, 1.165) is 16.9 Å². The van der Waals surface area contributed by atoms with Gasteiger partial charge in [0.05, 0.1) is 9.77 Å². The fourth-order valence-electron chi connectivity index (χ4n) is 2.13. The van der Waals surface area contributed by atoms with Crippen LogP contribution in [0.4, 0.5) is 5.82 Å². The molecule has 2 aromatic heterocycles. The van der Waals surface area contributed by atoms with Gasteiger partial charge in [0.25, 0.3) is 5.91 Å². The van der Waals surface area contributed by atoms with Crippen LogP contribution in [0.2, 0.25) is 0 Å². The fraction of sp³-hybridized carbons (Fsp3) is 0.125. The second-order valence-corrected chi connectivity index (χ2v) is 8.19. The number of hydrogen-bond acceptors (Lipinski definition) is 6. The van der Waals surface area contributed by atoms with Crippen LogP contribution in [0.3, 0.4) is 0 Å². The van der Waals surface area contributed by atoms with Crippen LogP contribution in [0.15, 0.2) is 63.5 Å². The van der Waals surface area contributed by atoms with Crippen molar-refractivity contribution in [2.45, 2.75) is 11.4 Å². The van der Waals surface area contributed by atoms with E-state index in [1.165, 1.54) is 35.1 Å². The molecule has 3 aromatic rings. The quantitative estimate of drug-likeness (QED) is 0.713. The highest BCUT2D eigenvalue weighted by atomic mass is 32.2. The molecule has 0 radical (unpaired) electrons.